The number of hydrogen-bond donors (Lipinski definition) is 0. The van der Waals surface area contributed by atoms with Crippen LogP contribution < -0.4 is 4.90 Å². The van der Waals surface area contributed by atoms with Gasteiger partial charge in [-0.3, -0.25) is 19.2 Å². The maximum atomic E-state index is 13.1. The number of aromatic nitrogens is 2. The van der Waals surface area contributed by atoms with E-state index >= 15 is 0 Å². The topological polar surface area (TPSA) is 58.4 Å². The number of piperidine rings is 1. The molecule has 142 valence electrons. The molecular formula is C21H26N4O2. The first-order chi connectivity index (χ1) is 13.0. The minimum atomic E-state index is -0.315. The van der Waals surface area contributed by atoms with Crippen molar-refractivity contribution in [2.45, 2.75) is 32.6 Å². The molecule has 1 aromatic carbocycles. The Hall–Kier alpha value is -2.63. The number of carbonyl (C=O) groups is 2. The summed E-state index contributed by atoms with van der Waals surface area (Å²) in [7, 11) is 1.86. The van der Waals surface area contributed by atoms with E-state index in [2.05, 4.69) is 5.10 Å². The molecule has 1 aromatic heterocycles. The van der Waals surface area contributed by atoms with E-state index in [4.69, 9.17) is 0 Å². The molecule has 2 amide bonds. The number of aryl methyl sites for hydroxylation is 2. The van der Waals surface area contributed by atoms with Gasteiger partial charge < -0.3 is 4.90 Å². The number of hydrogen-bond acceptors (Lipinski definition) is 3. The first-order valence-electron chi connectivity index (χ1n) is 9.62. The van der Waals surface area contributed by atoms with Gasteiger partial charge in [0.05, 0.1) is 18.0 Å². The molecule has 2 aliphatic heterocycles. The second-order valence-corrected chi connectivity index (χ2v) is 7.84. The van der Waals surface area contributed by atoms with E-state index < -0.39 is 0 Å². The van der Waals surface area contributed by atoms with Crippen LogP contribution in [0, 0.1) is 12.3 Å². The Kier molecular flexibility index (Phi) is 4.50. The minimum absolute atomic E-state index is 0.155. The Bertz CT molecular complexity index is 847. The van der Waals surface area contributed by atoms with E-state index in [1.165, 1.54) is 5.56 Å². The second kappa shape index (κ2) is 6.83. The Morgan fingerprint density at radius 3 is 2.37 bits per heavy atom. The molecular weight excluding hydrogens is 340 g/mol. The molecule has 6 heteroatoms. The van der Waals surface area contributed by atoms with Crippen LogP contribution in [0.2, 0.25) is 0 Å². The van der Waals surface area contributed by atoms with Crippen molar-refractivity contribution in [3.8, 4) is 0 Å². The van der Waals surface area contributed by atoms with E-state index in [-0.39, 0.29) is 17.2 Å². The maximum Gasteiger partial charge on any atom is 0.234 e. The molecule has 2 fully saturated rings. The summed E-state index contributed by atoms with van der Waals surface area (Å²) in [4.78, 5) is 29.5. The Balaban J connectivity index is 1.38. The van der Waals surface area contributed by atoms with Crippen LogP contribution in [0.25, 0.3) is 0 Å². The van der Waals surface area contributed by atoms with Gasteiger partial charge in [0.15, 0.2) is 0 Å². The average Bonchev–Trinajstić information content (AvgIpc) is 3.22. The molecule has 1 spiro atoms. The monoisotopic (exact) mass is 366 g/mol. The third kappa shape index (κ3) is 3.24. The van der Waals surface area contributed by atoms with Crippen LogP contribution in [0.3, 0.4) is 0 Å². The van der Waals surface area contributed by atoms with Gasteiger partial charge in [-0.1, -0.05) is 29.8 Å². The Morgan fingerprint density at radius 2 is 1.74 bits per heavy atom. The standard InChI is InChI=1S/C21H26N4O2/c1-16-3-5-17(6-4-16)15-19(26)24-12-8-21(9-13-24)10-14-25(20(21)27)18-7-11-22-23(18)2/h3-7,11H,8-10,12-15H2,1-2H3. The highest BCUT2D eigenvalue weighted by atomic mass is 16.2. The lowest BCUT2D eigenvalue weighted by atomic mass is 9.77. The summed E-state index contributed by atoms with van der Waals surface area (Å²) < 4.78 is 1.75. The zero-order valence-electron chi connectivity index (χ0n) is 16.0. The van der Waals surface area contributed by atoms with E-state index in [1.807, 2.05) is 54.1 Å². The van der Waals surface area contributed by atoms with E-state index in [9.17, 15) is 9.59 Å². The van der Waals surface area contributed by atoms with Gasteiger partial charge in [-0.05, 0) is 31.7 Å². The van der Waals surface area contributed by atoms with Crippen molar-refractivity contribution in [3.05, 3.63) is 47.7 Å². The highest BCUT2D eigenvalue weighted by molar-refractivity contribution is 5.99. The highest BCUT2D eigenvalue weighted by Crippen LogP contribution is 2.43. The van der Waals surface area contributed by atoms with Crippen molar-refractivity contribution >= 4 is 17.6 Å². The molecule has 0 aliphatic carbocycles. The van der Waals surface area contributed by atoms with Crippen LogP contribution in [0.4, 0.5) is 5.82 Å². The number of rotatable bonds is 3. The molecule has 0 radical (unpaired) electrons. The molecule has 0 bridgehead atoms. The van der Waals surface area contributed by atoms with Gasteiger partial charge in [0.1, 0.15) is 5.82 Å². The SMILES string of the molecule is Cc1ccc(CC(=O)N2CCC3(CC2)CCN(c2ccnn2C)C3=O)cc1. The summed E-state index contributed by atoms with van der Waals surface area (Å²) >= 11 is 0. The lowest BCUT2D eigenvalue weighted by Gasteiger charge is -2.38. The molecule has 27 heavy (non-hydrogen) atoms. The number of amides is 2. The number of nitrogens with zero attached hydrogens (tertiary/aromatic N) is 4. The summed E-state index contributed by atoms with van der Waals surface area (Å²) in [5.74, 6) is 1.20. The molecule has 2 saturated heterocycles. The van der Waals surface area contributed by atoms with Crippen molar-refractivity contribution in [3.63, 3.8) is 0 Å². The first-order valence-corrected chi connectivity index (χ1v) is 9.62. The highest BCUT2D eigenvalue weighted by Gasteiger charge is 2.49. The molecule has 2 aromatic rings. The van der Waals surface area contributed by atoms with Crippen LogP contribution in [-0.4, -0.2) is 46.1 Å². The van der Waals surface area contributed by atoms with Gasteiger partial charge in [0, 0.05) is 32.7 Å². The van der Waals surface area contributed by atoms with Crippen LogP contribution in [0.5, 0.6) is 0 Å². The summed E-state index contributed by atoms with van der Waals surface area (Å²) in [5, 5.41) is 4.18. The summed E-state index contributed by atoms with van der Waals surface area (Å²) in [6, 6.07) is 10.0. The smallest absolute Gasteiger partial charge is 0.234 e. The van der Waals surface area contributed by atoms with Crippen LogP contribution in [-0.2, 0) is 23.1 Å². The fraction of sp³-hybridized carbons (Fsp3) is 0.476. The maximum absolute atomic E-state index is 13.1. The van der Waals surface area contributed by atoms with Crippen LogP contribution in [0.15, 0.2) is 36.5 Å². The first kappa shape index (κ1) is 17.8. The van der Waals surface area contributed by atoms with Crippen LogP contribution >= 0.6 is 0 Å². The second-order valence-electron chi connectivity index (χ2n) is 7.84. The van der Waals surface area contributed by atoms with Crippen molar-refractivity contribution < 1.29 is 9.59 Å². The average molecular weight is 366 g/mol. The fourth-order valence-electron chi connectivity index (χ4n) is 4.31. The van der Waals surface area contributed by atoms with Gasteiger partial charge in [-0.15, -0.1) is 0 Å². The van der Waals surface area contributed by atoms with Gasteiger partial charge >= 0.3 is 0 Å². The number of benzene rings is 1. The number of likely N-dealkylation sites (tertiary alicyclic amines) is 1. The van der Waals surface area contributed by atoms with Crippen molar-refractivity contribution in [2.75, 3.05) is 24.5 Å². The third-order valence-corrected chi connectivity index (χ3v) is 6.13. The van der Waals surface area contributed by atoms with Gasteiger partial charge in [0.25, 0.3) is 0 Å². The quantitative estimate of drug-likeness (QED) is 0.838. The van der Waals surface area contributed by atoms with Crippen molar-refractivity contribution in [1.29, 1.82) is 0 Å². The zero-order chi connectivity index (χ0) is 19.0. The van der Waals surface area contributed by atoms with E-state index in [0.717, 1.165) is 37.2 Å². The molecule has 0 N–H and O–H groups in total. The predicted molar refractivity (Wildman–Crippen MR) is 103 cm³/mol. The van der Waals surface area contributed by atoms with Crippen LogP contribution in [0.1, 0.15) is 30.4 Å². The normalized spacial score (nSPS) is 19.1. The summed E-state index contributed by atoms with van der Waals surface area (Å²) in [6.07, 6.45) is 4.51. The molecule has 2 aliphatic rings. The number of anilines is 1. The molecule has 0 atom stereocenters. The third-order valence-electron chi connectivity index (χ3n) is 6.13. The molecule has 0 saturated carbocycles. The molecule has 6 nitrogen and oxygen atoms in total. The zero-order valence-corrected chi connectivity index (χ0v) is 16.0. The van der Waals surface area contributed by atoms with Gasteiger partial charge in [0.2, 0.25) is 11.8 Å². The largest absolute Gasteiger partial charge is 0.342 e. The predicted octanol–water partition coefficient (Wildman–Crippen LogP) is 2.32. The minimum Gasteiger partial charge on any atom is -0.342 e. The summed E-state index contributed by atoms with van der Waals surface area (Å²) in [6.45, 7) is 4.10. The van der Waals surface area contributed by atoms with Crippen molar-refractivity contribution in [1.82, 2.24) is 14.7 Å². The summed E-state index contributed by atoms with van der Waals surface area (Å²) in [5.41, 5.74) is 1.93. The molecule has 4 rings (SSSR count). The Labute approximate surface area is 159 Å². The van der Waals surface area contributed by atoms with E-state index in [1.54, 1.807) is 10.9 Å². The van der Waals surface area contributed by atoms with Gasteiger partial charge in [-0.25, -0.2) is 0 Å². The van der Waals surface area contributed by atoms with E-state index in [0.29, 0.717) is 19.5 Å². The van der Waals surface area contributed by atoms with Crippen molar-refractivity contribution in [2.24, 2.45) is 12.5 Å². The lowest BCUT2D eigenvalue weighted by Crippen LogP contribution is -2.47. The molecule has 3 heterocycles. The Morgan fingerprint density at radius 1 is 1.07 bits per heavy atom. The molecule has 0 unspecified atom stereocenters. The number of carbonyl (C=O) groups excluding carboxylic acids is 2. The fourth-order valence-corrected chi connectivity index (χ4v) is 4.31. The van der Waals surface area contributed by atoms with Gasteiger partial charge in [-0.2, -0.15) is 5.10 Å². The lowest BCUT2D eigenvalue weighted by molar-refractivity contribution is -0.137.